The fraction of sp³-hybridized carbons (Fsp3) is 0.407. The molecule has 192 valence electrons. The lowest BCUT2D eigenvalue weighted by Crippen LogP contribution is -2.30. The van der Waals surface area contributed by atoms with Gasteiger partial charge in [0.25, 0.3) is 5.91 Å². The van der Waals surface area contributed by atoms with E-state index in [0.29, 0.717) is 30.0 Å². The van der Waals surface area contributed by atoms with Crippen LogP contribution in [-0.4, -0.2) is 45.5 Å². The Hall–Kier alpha value is -3.33. The molecule has 0 saturated heterocycles. The summed E-state index contributed by atoms with van der Waals surface area (Å²) in [6.45, 7) is 9.55. The molecule has 0 bridgehead atoms. The van der Waals surface area contributed by atoms with Gasteiger partial charge in [-0.3, -0.25) is 9.59 Å². The molecule has 2 aromatic carbocycles. The van der Waals surface area contributed by atoms with Crippen LogP contribution in [0.2, 0.25) is 0 Å². The van der Waals surface area contributed by atoms with E-state index in [1.165, 1.54) is 17.3 Å². The molecule has 0 saturated carbocycles. The summed E-state index contributed by atoms with van der Waals surface area (Å²) in [7, 11) is 0. The highest BCUT2D eigenvalue weighted by Crippen LogP contribution is 2.27. The first-order valence-electron chi connectivity index (χ1n) is 12.2. The highest BCUT2D eigenvalue weighted by atomic mass is 32.2. The minimum absolute atomic E-state index is 0.0505. The van der Waals surface area contributed by atoms with Gasteiger partial charge < -0.3 is 19.9 Å². The summed E-state index contributed by atoms with van der Waals surface area (Å²) in [5, 5.41) is 14.9. The van der Waals surface area contributed by atoms with E-state index >= 15 is 0 Å². The van der Waals surface area contributed by atoms with Crippen LogP contribution in [0.15, 0.2) is 53.7 Å². The summed E-state index contributed by atoms with van der Waals surface area (Å²) in [4.78, 5) is 24.7. The Morgan fingerprint density at radius 2 is 1.83 bits per heavy atom. The van der Waals surface area contributed by atoms with Crippen molar-refractivity contribution in [3.05, 3.63) is 71.0 Å². The number of aromatic nitrogens is 3. The van der Waals surface area contributed by atoms with Crippen LogP contribution in [0.25, 0.3) is 0 Å². The van der Waals surface area contributed by atoms with Crippen LogP contribution in [-0.2, 0) is 29.1 Å². The zero-order chi connectivity index (χ0) is 25.9. The Labute approximate surface area is 217 Å². The summed E-state index contributed by atoms with van der Waals surface area (Å²) < 4.78 is 7.72. The molecular weight excluding hydrogens is 474 g/mol. The van der Waals surface area contributed by atoms with Gasteiger partial charge in [-0.1, -0.05) is 68.1 Å². The molecule has 3 rings (SSSR count). The predicted molar refractivity (Wildman–Crippen MR) is 142 cm³/mol. The summed E-state index contributed by atoms with van der Waals surface area (Å²) in [6, 6.07) is 16.1. The number of nitrogens with one attached hydrogen (secondary N) is 2. The number of ether oxygens (including phenoxy) is 1. The van der Waals surface area contributed by atoms with E-state index < -0.39 is 0 Å². The Balaban J connectivity index is 1.45. The van der Waals surface area contributed by atoms with Gasteiger partial charge in [0, 0.05) is 13.1 Å². The highest BCUT2D eigenvalue weighted by Gasteiger charge is 2.15. The van der Waals surface area contributed by atoms with Gasteiger partial charge in [-0.05, 0) is 48.9 Å². The summed E-state index contributed by atoms with van der Waals surface area (Å²) in [5.41, 5.74) is 3.35. The smallest absolute Gasteiger partial charge is 0.258 e. The zero-order valence-corrected chi connectivity index (χ0v) is 22.2. The van der Waals surface area contributed by atoms with Crippen molar-refractivity contribution in [3.63, 3.8) is 0 Å². The Morgan fingerprint density at radius 1 is 1.06 bits per heavy atom. The van der Waals surface area contributed by atoms with Gasteiger partial charge >= 0.3 is 0 Å². The Kier molecular flexibility index (Phi) is 10.4. The van der Waals surface area contributed by atoms with Crippen molar-refractivity contribution < 1.29 is 14.3 Å². The van der Waals surface area contributed by atoms with Crippen LogP contribution in [0.1, 0.15) is 49.2 Å². The fourth-order valence-electron chi connectivity index (χ4n) is 3.66. The first-order chi connectivity index (χ1) is 17.4. The Morgan fingerprint density at radius 3 is 2.56 bits per heavy atom. The van der Waals surface area contributed by atoms with Crippen molar-refractivity contribution in [2.24, 2.45) is 0 Å². The molecule has 3 aromatic rings. The van der Waals surface area contributed by atoms with Gasteiger partial charge in [-0.2, -0.15) is 0 Å². The number of hydrogen-bond acceptors (Lipinski definition) is 6. The van der Waals surface area contributed by atoms with E-state index in [1.807, 2.05) is 66.9 Å². The van der Waals surface area contributed by atoms with Crippen molar-refractivity contribution in [1.82, 2.24) is 25.4 Å². The SMILES string of the molecule is CCn1c(CNC(=O)COc2cc(C)ccc2C(C)C)nnc1SCC(=O)NCCc1ccccc1. The molecule has 36 heavy (non-hydrogen) atoms. The van der Waals surface area contributed by atoms with Gasteiger partial charge in [-0.25, -0.2) is 0 Å². The molecule has 0 spiro atoms. The maximum absolute atomic E-state index is 12.4. The van der Waals surface area contributed by atoms with Crippen LogP contribution < -0.4 is 15.4 Å². The largest absolute Gasteiger partial charge is 0.483 e. The minimum Gasteiger partial charge on any atom is -0.483 e. The normalized spacial score (nSPS) is 10.9. The first kappa shape index (κ1) is 27.3. The summed E-state index contributed by atoms with van der Waals surface area (Å²) in [6.07, 6.45) is 0.790. The van der Waals surface area contributed by atoms with E-state index in [0.717, 1.165) is 23.3 Å². The van der Waals surface area contributed by atoms with Crippen molar-refractivity contribution in [3.8, 4) is 5.75 Å². The van der Waals surface area contributed by atoms with Crippen molar-refractivity contribution in [2.75, 3.05) is 18.9 Å². The number of benzene rings is 2. The molecule has 0 aliphatic heterocycles. The molecule has 0 unspecified atom stereocenters. The zero-order valence-electron chi connectivity index (χ0n) is 21.4. The molecule has 2 N–H and O–H groups in total. The second-order valence-corrected chi connectivity index (χ2v) is 9.72. The van der Waals surface area contributed by atoms with Crippen LogP contribution in [0.5, 0.6) is 5.75 Å². The van der Waals surface area contributed by atoms with E-state index in [9.17, 15) is 9.59 Å². The number of carbonyl (C=O) groups excluding carboxylic acids is 2. The quantitative estimate of drug-likeness (QED) is 0.340. The van der Waals surface area contributed by atoms with E-state index in [2.05, 4.69) is 34.7 Å². The van der Waals surface area contributed by atoms with Gasteiger partial charge in [0.15, 0.2) is 17.6 Å². The number of carbonyl (C=O) groups is 2. The third-order valence-electron chi connectivity index (χ3n) is 5.61. The minimum atomic E-state index is -0.233. The Bertz CT molecular complexity index is 1150. The fourth-order valence-corrected chi connectivity index (χ4v) is 4.51. The second kappa shape index (κ2) is 13.7. The third kappa shape index (κ3) is 8.12. The van der Waals surface area contributed by atoms with E-state index in [-0.39, 0.29) is 30.7 Å². The molecule has 0 aliphatic rings. The number of nitrogens with zero attached hydrogens (tertiary/aromatic N) is 3. The predicted octanol–water partition coefficient (Wildman–Crippen LogP) is 3.88. The maximum atomic E-state index is 12.4. The number of thioether (sulfide) groups is 1. The number of hydrogen-bond donors (Lipinski definition) is 2. The lowest BCUT2D eigenvalue weighted by molar-refractivity contribution is -0.123. The highest BCUT2D eigenvalue weighted by molar-refractivity contribution is 7.99. The van der Waals surface area contributed by atoms with Crippen molar-refractivity contribution in [2.45, 2.75) is 58.3 Å². The molecule has 0 radical (unpaired) electrons. The molecular formula is C27H35N5O3S. The standard InChI is InChI=1S/C27H35N5O3S/c1-5-32-24(16-29-25(33)17-35-23-15-20(4)11-12-22(23)19(2)3)30-31-27(32)36-18-26(34)28-14-13-21-9-7-6-8-10-21/h6-12,15,19H,5,13-14,16-18H2,1-4H3,(H,28,34)(H,29,33). The van der Waals surface area contributed by atoms with Crippen LogP contribution in [0.3, 0.4) is 0 Å². The number of aryl methyl sites for hydroxylation is 1. The lowest BCUT2D eigenvalue weighted by atomic mass is 10.0. The topological polar surface area (TPSA) is 98.1 Å². The monoisotopic (exact) mass is 509 g/mol. The molecule has 8 nitrogen and oxygen atoms in total. The van der Waals surface area contributed by atoms with Gasteiger partial charge in [0.2, 0.25) is 5.91 Å². The molecule has 1 aromatic heterocycles. The summed E-state index contributed by atoms with van der Waals surface area (Å²) in [5.74, 6) is 1.64. The van der Waals surface area contributed by atoms with Crippen LogP contribution in [0.4, 0.5) is 0 Å². The number of rotatable bonds is 13. The molecule has 1 heterocycles. The average Bonchev–Trinajstić information content (AvgIpc) is 3.27. The van der Waals surface area contributed by atoms with E-state index in [4.69, 9.17) is 4.74 Å². The van der Waals surface area contributed by atoms with E-state index in [1.54, 1.807) is 0 Å². The molecule has 9 heteroatoms. The number of amides is 2. The lowest BCUT2D eigenvalue weighted by Gasteiger charge is -2.15. The van der Waals surface area contributed by atoms with Gasteiger partial charge in [0.05, 0.1) is 12.3 Å². The van der Waals surface area contributed by atoms with Crippen molar-refractivity contribution in [1.29, 1.82) is 0 Å². The first-order valence-corrected chi connectivity index (χ1v) is 13.2. The second-order valence-electron chi connectivity index (χ2n) is 8.78. The third-order valence-corrected chi connectivity index (χ3v) is 6.58. The average molecular weight is 510 g/mol. The van der Waals surface area contributed by atoms with Gasteiger partial charge in [-0.15, -0.1) is 10.2 Å². The molecule has 0 atom stereocenters. The van der Waals surface area contributed by atoms with Crippen LogP contribution >= 0.6 is 11.8 Å². The summed E-state index contributed by atoms with van der Waals surface area (Å²) >= 11 is 1.33. The molecule has 0 aliphatic carbocycles. The van der Waals surface area contributed by atoms with Crippen molar-refractivity contribution >= 4 is 23.6 Å². The van der Waals surface area contributed by atoms with Crippen LogP contribution in [0, 0.1) is 6.92 Å². The van der Waals surface area contributed by atoms with Gasteiger partial charge in [0.1, 0.15) is 5.75 Å². The molecule has 0 fully saturated rings. The maximum Gasteiger partial charge on any atom is 0.258 e. The molecule has 2 amide bonds.